The minimum atomic E-state index is 0.295. The lowest BCUT2D eigenvalue weighted by atomic mass is 10.1. The molecule has 0 aromatic heterocycles. The summed E-state index contributed by atoms with van der Waals surface area (Å²) >= 11 is 6.03. The van der Waals surface area contributed by atoms with Gasteiger partial charge in [-0.25, -0.2) is 0 Å². The van der Waals surface area contributed by atoms with Crippen LogP contribution in [0.15, 0.2) is 36.4 Å². The van der Waals surface area contributed by atoms with Crippen LogP contribution in [-0.4, -0.2) is 6.10 Å². The maximum absolute atomic E-state index is 6.03. The molecule has 0 fully saturated rings. The Labute approximate surface area is 124 Å². The molecule has 0 saturated heterocycles. The second kappa shape index (κ2) is 5.37. The molecule has 1 N–H and O–H groups in total. The average Bonchev–Trinajstić information content (AvgIpc) is 2.79. The monoisotopic (exact) mass is 287 g/mol. The lowest BCUT2D eigenvalue weighted by Crippen LogP contribution is -2.05. The van der Waals surface area contributed by atoms with Crippen LogP contribution >= 0.6 is 11.6 Å². The second-order valence-corrected chi connectivity index (χ2v) is 5.82. The normalized spacial score (nSPS) is 16.6. The van der Waals surface area contributed by atoms with Crippen LogP contribution in [0.25, 0.3) is 0 Å². The standard InChI is InChI=1S/C17H18ClNO/c1-11-3-5-15(18)9-16(11)19-10-13-4-6-17-14(8-13)7-12(2)20-17/h3-6,8-9,12,19H,7,10H2,1-2H3/t12-/m0/s1. The van der Waals surface area contributed by atoms with Crippen molar-refractivity contribution in [2.75, 3.05) is 5.32 Å². The summed E-state index contributed by atoms with van der Waals surface area (Å²) in [5, 5.41) is 4.21. The molecule has 0 aliphatic carbocycles. The number of hydrogen-bond acceptors (Lipinski definition) is 2. The summed E-state index contributed by atoms with van der Waals surface area (Å²) in [6.45, 7) is 4.98. The lowest BCUT2D eigenvalue weighted by molar-refractivity contribution is 0.254. The average molecular weight is 288 g/mol. The molecule has 2 nitrogen and oxygen atoms in total. The SMILES string of the molecule is Cc1ccc(Cl)cc1NCc1ccc2c(c1)C[C@H](C)O2. The highest BCUT2D eigenvalue weighted by molar-refractivity contribution is 6.30. The summed E-state index contributed by atoms with van der Waals surface area (Å²) in [4.78, 5) is 0. The first-order valence-electron chi connectivity index (χ1n) is 6.90. The molecule has 3 rings (SSSR count). The molecule has 20 heavy (non-hydrogen) atoms. The minimum absolute atomic E-state index is 0.295. The third-order valence-electron chi connectivity index (χ3n) is 3.64. The van der Waals surface area contributed by atoms with Gasteiger partial charge in [-0.1, -0.05) is 29.8 Å². The van der Waals surface area contributed by atoms with Crippen molar-refractivity contribution in [2.45, 2.75) is 32.9 Å². The van der Waals surface area contributed by atoms with Crippen LogP contribution in [0.3, 0.4) is 0 Å². The summed E-state index contributed by atoms with van der Waals surface area (Å²) in [5.41, 5.74) is 4.86. The van der Waals surface area contributed by atoms with Gasteiger partial charge in [0, 0.05) is 23.7 Å². The van der Waals surface area contributed by atoms with E-state index in [4.69, 9.17) is 16.3 Å². The van der Waals surface area contributed by atoms with E-state index in [1.54, 1.807) is 0 Å². The number of anilines is 1. The van der Waals surface area contributed by atoms with E-state index in [1.165, 1.54) is 16.7 Å². The van der Waals surface area contributed by atoms with Gasteiger partial charge in [0.25, 0.3) is 0 Å². The quantitative estimate of drug-likeness (QED) is 0.892. The van der Waals surface area contributed by atoms with Crippen LogP contribution in [0.2, 0.25) is 5.02 Å². The number of ether oxygens (including phenoxy) is 1. The fourth-order valence-electron chi connectivity index (χ4n) is 2.57. The summed E-state index contributed by atoms with van der Waals surface area (Å²) in [5.74, 6) is 1.03. The molecule has 0 unspecified atom stereocenters. The fourth-order valence-corrected chi connectivity index (χ4v) is 2.74. The van der Waals surface area contributed by atoms with E-state index in [1.807, 2.05) is 18.2 Å². The maximum Gasteiger partial charge on any atom is 0.123 e. The molecule has 2 aromatic carbocycles. The van der Waals surface area contributed by atoms with Crippen LogP contribution in [0.5, 0.6) is 5.75 Å². The number of rotatable bonds is 3. The number of aryl methyl sites for hydroxylation is 1. The maximum atomic E-state index is 6.03. The Bertz CT molecular complexity index is 639. The molecule has 0 saturated carbocycles. The van der Waals surface area contributed by atoms with E-state index in [0.717, 1.165) is 29.4 Å². The van der Waals surface area contributed by atoms with Gasteiger partial charge in [0.15, 0.2) is 0 Å². The van der Waals surface area contributed by atoms with Gasteiger partial charge >= 0.3 is 0 Å². The van der Waals surface area contributed by atoms with E-state index in [-0.39, 0.29) is 0 Å². The minimum Gasteiger partial charge on any atom is -0.490 e. The molecule has 2 aromatic rings. The second-order valence-electron chi connectivity index (χ2n) is 5.39. The van der Waals surface area contributed by atoms with E-state index < -0.39 is 0 Å². The number of benzene rings is 2. The Morgan fingerprint density at radius 1 is 1.25 bits per heavy atom. The van der Waals surface area contributed by atoms with Gasteiger partial charge in [-0.3, -0.25) is 0 Å². The van der Waals surface area contributed by atoms with Gasteiger partial charge in [0.1, 0.15) is 11.9 Å². The van der Waals surface area contributed by atoms with Crippen molar-refractivity contribution in [1.29, 1.82) is 0 Å². The molecular weight excluding hydrogens is 270 g/mol. The molecule has 0 radical (unpaired) electrons. The highest BCUT2D eigenvalue weighted by atomic mass is 35.5. The van der Waals surface area contributed by atoms with Crippen LogP contribution < -0.4 is 10.1 Å². The zero-order valence-electron chi connectivity index (χ0n) is 11.7. The van der Waals surface area contributed by atoms with Crippen molar-refractivity contribution in [2.24, 2.45) is 0 Å². The summed E-state index contributed by atoms with van der Waals surface area (Å²) in [6, 6.07) is 12.3. The molecule has 0 amide bonds. The van der Waals surface area contributed by atoms with Crippen molar-refractivity contribution in [3.63, 3.8) is 0 Å². The zero-order chi connectivity index (χ0) is 14.1. The molecule has 1 aliphatic heterocycles. The molecule has 104 valence electrons. The Kier molecular flexibility index (Phi) is 3.58. The Hall–Kier alpha value is -1.67. The molecule has 1 heterocycles. The van der Waals surface area contributed by atoms with Gasteiger partial charge in [-0.05, 0) is 48.7 Å². The lowest BCUT2D eigenvalue weighted by Gasteiger charge is -2.11. The van der Waals surface area contributed by atoms with Crippen LogP contribution in [-0.2, 0) is 13.0 Å². The van der Waals surface area contributed by atoms with Crippen LogP contribution in [0, 0.1) is 6.92 Å². The molecular formula is C17H18ClNO. The Morgan fingerprint density at radius 3 is 2.95 bits per heavy atom. The predicted molar refractivity (Wildman–Crippen MR) is 83.8 cm³/mol. The number of halogens is 1. The van der Waals surface area contributed by atoms with Gasteiger partial charge in [0.2, 0.25) is 0 Å². The largest absolute Gasteiger partial charge is 0.490 e. The molecule has 0 spiro atoms. The van der Waals surface area contributed by atoms with Gasteiger partial charge in [-0.15, -0.1) is 0 Å². The van der Waals surface area contributed by atoms with Crippen molar-refractivity contribution in [3.8, 4) is 5.75 Å². The molecule has 0 bridgehead atoms. The first-order valence-corrected chi connectivity index (χ1v) is 7.28. The van der Waals surface area contributed by atoms with Gasteiger partial charge < -0.3 is 10.1 Å². The van der Waals surface area contributed by atoms with Gasteiger partial charge in [-0.2, -0.15) is 0 Å². The highest BCUT2D eigenvalue weighted by Gasteiger charge is 2.18. The van der Waals surface area contributed by atoms with E-state index >= 15 is 0 Å². The third-order valence-corrected chi connectivity index (χ3v) is 3.88. The van der Waals surface area contributed by atoms with Crippen molar-refractivity contribution >= 4 is 17.3 Å². The highest BCUT2D eigenvalue weighted by Crippen LogP contribution is 2.29. The molecule has 3 heteroatoms. The van der Waals surface area contributed by atoms with E-state index in [0.29, 0.717) is 6.10 Å². The topological polar surface area (TPSA) is 21.3 Å². The Balaban J connectivity index is 1.73. The molecule has 1 atom stereocenters. The van der Waals surface area contributed by atoms with E-state index in [9.17, 15) is 0 Å². The summed E-state index contributed by atoms with van der Waals surface area (Å²) < 4.78 is 5.72. The fraction of sp³-hybridized carbons (Fsp3) is 0.294. The van der Waals surface area contributed by atoms with Crippen LogP contribution in [0.4, 0.5) is 5.69 Å². The third kappa shape index (κ3) is 2.75. The van der Waals surface area contributed by atoms with Gasteiger partial charge in [0.05, 0.1) is 0 Å². The predicted octanol–water partition coefficient (Wildman–Crippen LogP) is 4.58. The number of nitrogens with one attached hydrogen (secondary N) is 1. The van der Waals surface area contributed by atoms with Crippen molar-refractivity contribution in [3.05, 3.63) is 58.1 Å². The zero-order valence-corrected chi connectivity index (χ0v) is 12.5. The first kappa shape index (κ1) is 13.3. The Morgan fingerprint density at radius 2 is 2.10 bits per heavy atom. The number of fused-ring (bicyclic) bond motifs is 1. The summed E-state index contributed by atoms with van der Waals surface area (Å²) in [7, 11) is 0. The van der Waals surface area contributed by atoms with Crippen molar-refractivity contribution < 1.29 is 4.74 Å². The van der Waals surface area contributed by atoms with Crippen molar-refractivity contribution in [1.82, 2.24) is 0 Å². The smallest absolute Gasteiger partial charge is 0.123 e. The van der Waals surface area contributed by atoms with E-state index in [2.05, 4.69) is 37.4 Å². The summed E-state index contributed by atoms with van der Waals surface area (Å²) in [6.07, 6.45) is 1.29. The van der Waals surface area contributed by atoms with Crippen LogP contribution in [0.1, 0.15) is 23.6 Å². The molecule has 1 aliphatic rings. The number of hydrogen-bond donors (Lipinski definition) is 1. The first-order chi connectivity index (χ1) is 9.61.